The Bertz CT molecular complexity index is 1280. The Kier molecular flexibility index (Phi) is 7.00. The number of anilines is 1. The van der Waals surface area contributed by atoms with E-state index in [-0.39, 0.29) is 22.6 Å². The molecule has 1 aromatic heterocycles. The monoisotopic (exact) mass is 481 g/mol. The Hall–Kier alpha value is -3.94. The van der Waals surface area contributed by atoms with Crippen LogP contribution in [0.1, 0.15) is 49.3 Å². The molecule has 1 saturated heterocycles. The summed E-state index contributed by atoms with van der Waals surface area (Å²) in [6, 6.07) is 11.1. The van der Waals surface area contributed by atoms with E-state index in [9.17, 15) is 23.5 Å². The summed E-state index contributed by atoms with van der Waals surface area (Å²) in [6.07, 6.45) is 3.05. The van der Waals surface area contributed by atoms with Gasteiger partial charge in [0.25, 0.3) is 11.7 Å². The Morgan fingerprint density at radius 3 is 2.43 bits per heavy atom. The summed E-state index contributed by atoms with van der Waals surface area (Å²) < 4.78 is 39.5. The van der Waals surface area contributed by atoms with E-state index in [4.69, 9.17) is 9.15 Å². The number of halogens is 2. The molecule has 2 aromatic carbocycles. The van der Waals surface area contributed by atoms with E-state index in [0.717, 1.165) is 36.3 Å². The minimum atomic E-state index is -1.24. The average Bonchev–Trinajstić information content (AvgIpc) is 3.38. The van der Waals surface area contributed by atoms with Crippen molar-refractivity contribution >= 4 is 23.1 Å². The Morgan fingerprint density at radius 1 is 1.06 bits per heavy atom. The van der Waals surface area contributed by atoms with E-state index < -0.39 is 35.1 Å². The van der Waals surface area contributed by atoms with Crippen molar-refractivity contribution in [3.63, 3.8) is 0 Å². The maximum atomic E-state index is 14.7. The van der Waals surface area contributed by atoms with Crippen LogP contribution in [0.5, 0.6) is 5.75 Å². The fourth-order valence-corrected chi connectivity index (χ4v) is 4.03. The molecule has 8 heteroatoms. The minimum absolute atomic E-state index is 0.155. The third-order valence-corrected chi connectivity index (χ3v) is 5.79. The second-order valence-corrected chi connectivity index (χ2v) is 8.29. The van der Waals surface area contributed by atoms with Crippen molar-refractivity contribution in [2.24, 2.45) is 0 Å². The Balaban J connectivity index is 1.76. The lowest BCUT2D eigenvalue weighted by Crippen LogP contribution is -2.30. The lowest BCUT2D eigenvalue weighted by atomic mass is 9.99. The van der Waals surface area contributed by atoms with Crippen molar-refractivity contribution in [1.29, 1.82) is 0 Å². The first-order chi connectivity index (χ1) is 16.8. The van der Waals surface area contributed by atoms with Crippen LogP contribution in [0, 0.1) is 18.6 Å². The highest BCUT2D eigenvalue weighted by atomic mass is 19.1. The summed E-state index contributed by atoms with van der Waals surface area (Å²) >= 11 is 0. The number of unbranched alkanes of at least 4 members (excludes halogenated alkanes) is 2. The second-order valence-electron chi connectivity index (χ2n) is 8.29. The molecule has 3 aromatic rings. The number of ketones is 1. The predicted octanol–water partition coefficient (Wildman–Crippen LogP) is 6.06. The number of amides is 1. The van der Waals surface area contributed by atoms with Gasteiger partial charge in [-0.3, -0.25) is 14.5 Å². The lowest BCUT2D eigenvalue weighted by molar-refractivity contribution is -0.132. The van der Waals surface area contributed by atoms with Crippen LogP contribution < -0.4 is 9.64 Å². The maximum Gasteiger partial charge on any atom is 0.300 e. The Morgan fingerprint density at radius 2 is 1.80 bits per heavy atom. The summed E-state index contributed by atoms with van der Waals surface area (Å²) in [7, 11) is 0. The molecule has 6 nitrogen and oxygen atoms in total. The number of ether oxygens (including phenoxy) is 1. The zero-order valence-corrected chi connectivity index (χ0v) is 19.4. The average molecular weight is 481 g/mol. The molecule has 4 rings (SSSR count). The van der Waals surface area contributed by atoms with Gasteiger partial charge in [0, 0.05) is 11.6 Å². The molecule has 1 atom stereocenters. The first kappa shape index (κ1) is 24.2. The van der Waals surface area contributed by atoms with Gasteiger partial charge in [-0.25, -0.2) is 8.78 Å². The van der Waals surface area contributed by atoms with Gasteiger partial charge in [-0.2, -0.15) is 0 Å². The number of carbonyl (C=O) groups excluding carboxylic acids is 2. The summed E-state index contributed by atoms with van der Waals surface area (Å²) in [5.41, 5.74) is -0.288. The van der Waals surface area contributed by atoms with Gasteiger partial charge in [-0.15, -0.1) is 0 Å². The minimum Gasteiger partial charge on any atom is -0.507 e. The molecular weight excluding hydrogens is 456 g/mol. The van der Waals surface area contributed by atoms with E-state index in [2.05, 4.69) is 6.92 Å². The first-order valence-corrected chi connectivity index (χ1v) is 11.4. The molecule has 1 aliphatic heterocycles. The number of hydrogen-bond donors (Lipinski definition) is 1. The van der Waals surface area contributed by atoms with Crippen LogP contribution in [0.4, 0.5) is 14.5 Å². The van der Waals surface area contributed by atoms with Gasteiger partial charge >= 0.3 is 0 Å². The third-order valence-electron chi connectivity index (χ3n) is 5.79. The maximum absolute atomic E-state index is 14.7. The molecule has 0 spiro atoms. The van der Waals surface area contributed by atoms with E-state index in [0.29, 0.717) is 24.2 Å². The zero-order valence-electron chi connectivity index (χ0n) is 19.4. The van der Waals surface area contributed by atoms with Gasteiger partial charge in [-0.1, -0.05) is 19.8 Å². The molecule has 1 fully saturated rings. The topological polar surface area (TPSA) is 80.0 Å². The molecule has 0 radical (unpaired) electrons. The van der Waals surface area contributed by atoms with E-state index >= 15 is 0 Å². The van der Waals surface area contributed by atoms with Crippen LogP contribution in [0.15, 0.2) is 64.6 Å². The molecule has 2 heterocycles. The number of nitrogens with zero attached hydrogens (tertiary/aromatic N) is 1. The van der Waals surface area contributed by atoms with E-state index in [1.165, 1.54) is 0 Å². The van der Waals surface area contributed by atoms with Crippen LogP contribution in [0.2, 0.25) is 0 Å². The molecule has 1 unspecified atom stereocenters. The summed E-state index contributed by atoms with van der Waals surface area (Å²) in [4.78, 5) is 27.0. The van der Waals surface area contributed by atoms with Crippen LogP contribution in [0.3, 0.4) is 0 Å². The molecule has 0 aliphatic carbocycles. The highest BCUT2D eigenvalue weighted by molar-refractivity contribution is 6.51. The molecule has 182 valence electrons. The zero-order chi connectivity index (χ0) is 25.1. The summed E-state index contributed by atoms with van der Waals surface area (Å²) in [5, 5.41) is 11.1. The number of Topliss-reactive ketones (excluding diaryl/α,β-unsaturated/α-hetero) is 1. The molecular formula is C27H25F2NO5. The van der Waals surface area contributed by atoms with Gasteiger partial charge in [0.15, 0.2) is 0 Å². The van der Waals surface area contributed by atoms with Crippen molar-refractivity contribution in [2.45, 2.75) is 39.2 Å². The smallest absolute Gasteiger partial charge is 0.300 e. The number of rotatable bonds is 8. The summed E-state index contributed by atoms with van der Waals surface area (Å²) in [6.45, 7) is 4.34. The normalized spacial score (nSPS) is 17.3. The van der Waals surface area contributed by atoms with Gasteiger partial charge in [0.2, 0.25) is 0 Å². The molecule has 1 aliphatic rings. The molecule has 0 bridgehead atoms. The van der Waals surface area contributed by atoms with Crippen molar-refractivity contribution in [1.82, 2.24) is 0 Å². The van der Waals surface area contributed by atoms with Crippen molar-refractivity contribution in [2.75, 3.05) is 11.5 Å². The van der Waals surface area contributed by atoms with Crippen molar-refractivity contribution in [3.05, 3.63) is 88.9 Å². The van der Waals surface area contributed by atoms with Crippen LogP contribution >= 0.6 is 0 Å². The Labute approximate surface area is 201 Å². The highest BCUT2D eigenvalue weighted by Gasteiger charge is 2.49. The van der Waals surface area contributed by atoms with Crippen LogP contribution in [0.25, 0.3) is 5.76 Å². The first-order valence-electron chi connectivity index (χ1n) is 11.4. The molecule has 35 heavy (non-hydrogen) atoms. The lowest BCUT2D eigenvalue weighted by Gasteiger charge is -2.23. The standard InChI is InChI=1S/C27H25F2NO5/c1-3-4-5-14-34-19-10-7-17(8-11-19)25(31)23-24(22-13-6-16(2)35-22)30(27(33)26(23)32)21-12-9-18(28)15-20(21)29/h6-13,15,24,31H,3-5,14H2,1-2H3/b25-23-. The van der Waals surface area contributed by atoms with Crippen molar-refractivity contribution in [3.8, 4) is 5.75 Å². The van der Waals surface area contributed by atoms with Gasteiger partial charge < -0.3 is 14.3 Å². The quantitative estimate of drug-likeness (QED) is 0.183. The number of aryl methyl sites for hydroxylation is 1. The molecule has 1 N–H and O–H groups in total. The van der Waals surface area contributed by atoms with Gasteiger partial charge in [0.1, 0.15) is 40.7 Å². The van der Waals surface area contributed by atoms with E-state index in [1.807, 2.05) is 0 Å². The largest absolute Gasteiger partial charge is 0.507 e. The highest BCUT2D eigenvalue weighted by Crippen LogP contribution is 2.43. The number of aliphatic hydroxyl groups is 1. The number of hydrogen-bond acceptors (Lipinski definition) is 5. The summed E-state index contributed by atoms with van der Waals surface area (Å²) in [5.74, 6) is -3.11. The van der Waals surface area contributed by atoms with Crippen LogP contribution in [-0.4, -0.2) is 23.4 Å². The third kappa shape index (κ3) is 4.82. The fourth-order valence-electron chi connectivity index (χ4n) is 4.03. The molecule has 1 amide bonds. The van der Waals surface area contributed by atoms with Crippen molar-refractivity contribution < 1.29 is 32.6 Å². The number of aliphatic hydroxyl groups excluding tert-OH is 1. The number of furan rings is 1. The predicted molar refractivity (Wildman–Crippen MR) is 126 cm³/mol. The van der Waals surface area contributed by atoms with Gasteiger partial charge in [-0.05, 0) is 61.9 Å². The SMILES string of the molecule is CCCCCOc1ccc(/C(O)=C2/C(=O)C(=O)N(c3ccc(F)cc3F)C2c2ccc(C)o2)cc1. The van der Waals surface area contributed by atoms with Gasteiger partial charge in [0.05, 0.1) is 17.9 Å². The van der Waals surface area contributed by atoms with Crippen LogP contribution in [-0.2, 0) is 9.59 Å². The second kappa shape index (κ2) is 10.1. The number of carbonyl (C=O) groups is 2. The fraction of sp³-hybridized carbons (Fsp3) is 0.259. The molecule has 0 saturated carbocycles. The number of benzene rings is 2. The van der Waals surface area contributed by atoms with E-state index in [1.54, 1.807) is 43.3 Å².